The lowest BCUT2D eigenvalue weighted by Crippen LogP contribution is -2.31. The molecule has 1 aliphatic heterocycles. The number of benzene rings is 1. The number of aryl methyl sites for hydroxylation is 1. The normalized spacial score (nSPS) is 19.1. The van der Waals surface area contributed by atoms with Crippen molar-refractivity contribution in [2.75, 3.05) is 6.54 Å². The summed E-state index contributed by atoms with van der Waals surface area (Å²) in [5, 5.41) is 14.9. The molecule has 0 aliphatic carbocycles. The third kappa shape index (κ3) is 2.73. The van der Waals surface area contributed by atoms with E-state index in [9.17, 15) is 18.5 Å². The highest BCUT2D eigenvalue weighted by molar-refractivity contribution is 7.89. The number of para-hydroxylation sites is 1. The number of sulfonamides is 1. The predicted molar refractivity (Wildman–Crippen MR) is 80.2 cm³/mol. The van der Waals surface area contributed by atoms with Crippen LogP contribution < -0.4 is 0 Å². The summed E-state index contributed by atoms with van der Waals surface area (Å²) in [7, 11) is -4.00. The summed E-state index contributed by atoms with van der Waals surface area (Å²) in [5.41, 5.74) is 0.238. The van der Waals surface area contributed by atoms with Crippen LogP contribution in [0.2, 0.25) is 0 Å². The van der Waals surface area contributed by atoms with Gasteiger partial charge in [0.15, 0.2) is 10.7 Å². The molecule has 8 nitrogen and oxygen atoms in total. The molecule has 2 heterocycles. The van der Waals surface area contributed by atoms with E-state index in [1.165, 1.54) is 28.6 Å². The molecule has 1 atom stereocenters. The Kier molecular flexibility index (Phi) is 3.90. The molecular weight excluding hydrogens is 322 g/mol. The average molecular weight is 337 g/mol. The summed E-state index contributed by atoms with van der Waals surface area (Å²) < 4.78 is 32.3. The van der Waals surface area contributed by atoms with E-state index in [4.69, 9.17) is 4.52 Å². The van der Waals surface area contributed by atoms with Crippen LogP contribution in [0.4, 0.5) is 5.69 Å². The minimum absolute atomic E-state index is 0.290. The number of nitro benzene ring substituents is 1. The average Bonchev–Trinajstić information content (AvgIpc) is 3.15. The van der Waals surface area contributed by atoms with Gasteiger partial charge in [-0.15, -0.1) is 0 Å². The van der Waals surface area contributed by atoms with Crippen LogP contribution in [0.5, 0.6) is 0 Å². The maximum Gasteiger partial charge on any atom is 0.289 e. The molecule has 2 aromatic rings. The molecule has 3 rings (SSSR count). The molecule has 0 amide bonds. The maximum absolute atomic E-state index is 12.9. The lowest BCUT2D eigenvalue weighted by atomic mass is 10.2. The van der Waals surface area contributed by atoms with E-state index in [0.717, 1.165) is 0 Å². The van der Waals surface area contributed by atoms with Gasteiger partial charge in [0.05, 0.1) is 16.7 Å². The standard InChI is InChI=1S/C14H15N3O5S/c1-10-9-13(22-15-10)11-6-4-8-16(11)23(20,21)14-7-3-2-5-12(14)17(18)19/h2-3,5,7,9,11H,4,6,8H2,1H3/t11-/m1/s1. The predicted octanol–water partition coefficient (Wildman–Crippen LogP) is 2.42. The summed E-state index contributed by atoms with van der Waals surface area (Å²) in [6.07, 6.45) is 1.25. The first-order valence-corrected chi connectivity index (χ1v) is 8.54. The van der Waals surface area contributed by atoms with Gasteiger partial charge in [0.25, 0.3) is 15.7 Å². The first-order chi connectivity index (χ1) is 10.9. The van der Waals surface area contributed by atoms with Crippen molar-refractivity contribution in [3.05, 3.63) is 51.9 Å². The van der Waals surface area contributed by atoms with Crippen LogP contribution >= 0.6 is 0 Å². The highest BCUT2D eigenvalue weighted by Gasteiger charge is 2.40. The Labute approximate surface area is 132 Å². The van der Waals surface area contributed by atoms with Gasteiger partial charge in [-0.25, -0.2) is 8.42 Å². The van der Waals surface area contributed by atoms with Crippen LogP contribution in [0.25, 0.3) is 0 Å². The molecule has 1 fully saturated rings. The molecule has 1 aromatic heterocycles. The van der Waals surface area contributed by atoms with Crippen LogP contribution in [0.1, 0.15) is 30.3 Å². The van der Waals surface area contributed by atoms with E-state index in [1.54, 1.807) is 13.0 Å². The lowest BCUT2D eigenvalue weighted by Gasteiger charge is -2.21. The van der Waals surface area contributed by atoms with Gasteiger partial charge in [0.1, 0.15) is 0 Å². The van der Waals surface area contributed by atoms with E-state index in [0.29, 0.717) is 30.8 Å². The van der Waals surface area contributed by atoms with Gasteiger partial charge in [-0.2, -0.15) is 4.31 Å². The Hall–Kier alpha value is -2.26. The second-order valence-electron chi connectivity index (χ2n) is 5.37. The molecule has 0 radical (unpaired) electrons. The number of hydrogen-bond acceptors (Lipinski definition) is 6. The molecule has 23 heavy (non-hydrogen) atoms. The smallest absolute Gasteiger partial charge is 0.289 e. The second-order valence-corrected chi connectivity index (χ2v) is 7.23. The van der Waals surface area contributed by atoms with Gasteiger partial charge in [0.2, 0.25) is 0 Å². The highest BCUT2D eigenvalue weighted by Crippen LogP contribution is 2.38. The lowest BCUT2D eigenvalue weighted by molar-refractivity contribution is -0.387. The molecular formula is C14H15N3O5S. The summed E-state index contributed by atoms with van der Waals surface area (Å²) in [5.74, 6) is 0.460. The molecule has 0 saturated carbocycles. The third-order valence-corrected chi connectivity index (χ3v) is 5.78. The fraction of sp³-hybridized carbons (Fsp3) is 0.357. The molecule has 0 unspecified atom stereocenters. The Morgan fingerprint density at radius 3 is 2.78 bits per heavy atom. The van der Waals surface area contributed by atoms with Crippen molar-refractivity contribution >= 4 is 15.7 Å². The van der Waals surface area contributed by atoms with Crippen molar-refractivity contribution in [2.45, 2.75) is 30.7 Å². The van der Waals surface area contributed by atoms with Gasteiger partial charge in [-0.1, -0.05) is 17.3 Å². The molecule has 1 saturated heterocycles. The molecule has 9 heteroatoms. The van der Waals surface area contributed by atoms with Crippen LogP contribution in [0.3, 0.4) is 0 Å². The van der Waals surface area contributed by atoms with Gasteiger partial charge in [-0.05, 0) is 25.8 Å². The van der Waals surface area contributed by atoms with Crippen LogP contribution in [0, 0.1) is 17.0 Å². The summed E-state index contributed by atoms with van der Waals surface area (Å²) in [6.45, 7) is 2.04. The van der Waals surface area contributed by atoms with Gasteiger partial charge in [0, 0.05) is 18.7 Å². The van der Waals surface area contributed by atoms with Crippen molar-refractivity contribution in [3.8, 4) is 0 Å². The second kappa shape index (κ2) is 5.74. The number of hydrogen-bond donors (Lipinski definition) is 0. The number of aromatic nitrogens is 1. The minimum Gasteiger partial charge on any atom is -0.359 e. The SMILES string of the molecule is Cc1cc([C@H]2CCCN2S(=O)(=O)c2ccccc2[N+](=O)[O-])on1. The van der Waals surface area contributed by atoms with Gasteiger partial charge < -0.3 is 4.52 Å². The molecule has 0 N–H and O–H groups in total. The minimum atomic E-state index is -4.00. The molecule has 0 spiro atoms. The van der Waals surface area contributed by atoms with Crippen LogP contribution in [0.15, 0.2) is 39.8 Å². The maximum atomic E-state index is 12.9. The number of nitrogens with zero attached hydrogens (tertiary/aromatic N) is 3. The Morgan fingerprint density at radius 1 is 1.39 bits per heavy atom. The summed E-state index contributed by atoms with van der Waals surface area (Å²) in [4.78, 5) is 10.2. The molecule has 122 valence electrons. The van der Waals surface area contributed by atoms with E-state index in [-0.39, 0.29) is 4.90 Å². The highest BCUT2D eigenvalue weighted by atomic mass is 32.2. The fourth-order valence-electron chi connectivity index (χ4n) is 2.80. The third-order valence-electron chi connectivity index (χ3n) is 3.83. The van der Waals surface area contributed by atoms with Crippen molar-refractivity contribution in [1.82, 2.24) is 9.46 Å². The molecule has 1 aliphatic rings. The number of nitro groups is 1. The Bertz CT molecular complexity index is 846. The van der Waals surface area contributed by atoms with E-state index in [2.05, 4.69) is 5.16 Å². The summed E-state index contributed by atoms with van der Waals surface area (Å²) in [6, 6.07) is 6.58. The quantitative estimate of drug-likeness (QED) is 0.626. The number of rotatable bonds is 4. The van der Waals surface area contributed by atoms with Gasteiger partial charge in [-0.3, -0.25) is 10.1 Å². The molecule has 0 bridgehead atoms. The Balaban J connectivity index is 2.04. The van der Waals surface area contributed by atoms with Crippen molar-refractivity contribution in [2.24, 2.45) is 0 Å². The van der Waals surface area contributed by atoms with Crippen molar-refractivity contribution < 1.29 is 17.9 Å². The van der Waals surface area contributed by atoms with Crippen LogP contribution in [-0.4, -0.2) is 29.3 Å². The zero-order valence-corrected chi connectivity index (χ0v) is 13.2. The van der Waals surface area contributed by atoms with Crippen molar-refractivity contribution in [1.29, 1.82) is 0 Å². The first kappa shape index (κ1) is 15.6. The Morgan fingerprint density at radius 2 is 2.13 bits per heavy atom. The van der Waals surface area contributed by atoms with E-state index in [1.807, 2.05) is 0 Å². The topological polar surface area (TPSA) is 107 Å². The zero-order chi connectivity index (χ0) is 16.6. The monoisotopic (exact) mass is 337 g/mol. The summed E-state index contributed by atoms with van der Waals surface area (Å²) >= 11 is 0. The van der Waals surface area contributed by atoms with Crippen LogP contribution in [-0.2, 0) is 10.0 Å². The largest absolute Gasteiger partial charge is 0.359 e. The van der Waals surface area contributed by atoms with Gasteiger partial charge >= 0.3 is 0 Å². The van der Waals surface area contributed by atoms with E-state index >= 15 is 0 Å². The van der Waals surface area contributed by atoms with Crippen molar-refractivity contribution in [3.63, 3.8) is 0 Å². The molecule has 1 aromatic carbocycles. The first-order valence-electron chi connectivity index (χ1n) is 7.10. The fourth-order valence-corrected chi connectivity index (χ4v) is 4.63. The zero-order valence-electron chi connectivity index (χ0n) is 12.4. The van der Waals surface area contributed by atoms with E-state index < -0.39 is 26.7 Å².